The standard InChI is InChI=1S/C8H10N2O3/c1-5-6(4-13-7(5)11)10-3-2-9-8(10)12/h2-4H2,1H3,(H,9,12). The number of cyclic esters (lactones) is 1. The first-order chi connectivity index (χ1) is 6.20. The van der Waals surface area contributed by atoms with E-state index < -0.39 is 0 Å². The summed E-state index contributed by atoms with van der Waals surface area (Å²) in [5, 5.41) is 2.67. The Morgan fingerprint density at radius 2 is 2.23 bits per heavy atom. The summed E-state index contributed by atoms with van der Waals surface area (Å²) in [6.45, 7) is 3.14. The molecule has 2 rings (SSSR count). The average Bonchev–Trinajstić information content (AvgIpc) is 2.62. The van der Waals surface area contributed by atoms with Gasteiger partial charge in [0, 0.05) is 13.1 Å². The number of carbonyl (C=O) groups is 2. The summed E-state index contributed by atoms with van der Waals surface area (Å²) in [7, 11) is 0. The molecule has 2 amide bonds. The van der Waals surface area contributed by atoms with Gasteiger partial charge in [0.2, 0.25) is 0 Å². The molecule has 70 valence electrons. The number of hydrogen-bond donors (Lipinski definition) is 1. The van der Waals surface area contributed by atoms with Gasteiger partial charge in [0.15, 0.2) is 0 Å². The lowest BCUT2D eigenvalue weighted by Crippen LogP contribution is -2.28. The minimum atomic E-state index is -0.324. The van der Waals surface area contributed by atoms with Crippen LogP contribution in [0.5, 0.6) is 0 Å². The molecule has 0 aliphatic carbocycles. The van der Waals surface area contributed by atoms with Crippen LogP contribution in [0.2, 0.25) is 0 Å². The van der Waals surface area contributed by atoms with Crippen molar-refractivity contribution in [3.63, 3.8) is 0 Å². The minimum Gasteiger partial charge on any atom is -0.456 e. The number of ether oxygens (including phenoxy) is 1. The molecule has 0 radical (unpaired) electrons. The normalized spacial score (nSPS) is 22.4. The Hall–Kier alpha value is -1.52. The van der Waals surface area contributed by atoms with Gasteiger partial charge in [0.1, 0.15) is 6.61 Å². The maximum atomic E-state index is 11.2. The van der Waals surface area contributed by atoms with Crippen molar-refractivity contribution in [2.24, 2.45) is 0 Å². The second-order valence-electron chi connectivity index (χ2n) is 3.03. The van der Waals surface area contributed by atoms with Crippen LogP contribution in [0.25, 0.3) is 0 Å². The third-order valence-corrected chi connectivity index (χ3v) is 2.26. The Balaban J connectivity index is 2.26. The van der Waals surface area contributed by atoms with Gasteiger partial charge in [0.05, 0.1) is 11.3 Å². The molecule has 0 bridgehead atoms. The summed E-state index contributed by atoms with van der Waals surface area (Å²) in [4.78, 5) is 23.8. The number of esters is 1. The van der Waals surface area contributed by atoms with Gasteiger partial charge in [-0.2, -0.15) is 0 Å². The van der Waals surface area contributed by atoms with Gasteiger partial charge in [-0.05, 0) is 6.92 Å². The number of amides is 2. The highest BCUT2D eigenvalue weighted by Gasteiger charge is 2.31. The smallest absolute Gasteiger partial charge is 0.336 e. The molecule has 2 aliphatic rings. The molecule has 0 saturated carbocycles. The number of carbonyl (C=O) groups excluding carboxylic acids is 2. The second-order valence-corrected chi connectivity index (χ2v) is 3.03. The number of urea groups is 1. The van der Waals surface area contributed by atoms with Crippen molar-refractivity contribution in [3.8, 4) is 0 Å². The fraction of sp³-hybridized carbons (Fsp3) is 0.500. The first-order valence-corrected chi connectivity index (χ1v) is 4.12. The maximum absolute atomic E-state index is 11.2. The van der Waals surface area contributed by atoms with Gasteiger partial charge in [-0.1, -0.05) is 0 Å². The molecule has 0 aromatic heterocycles. The molecule has 5 heteroatoms. The minimum absolute atomic E-state index is 0.146. The largest absolute Gasteiger partial charge is 0.456 e. The Morgan fingerprint density at radius 3 is 2.69 bits per heavy atom. The highest BCUT2D eigenvalue weighted by Crippen LogP contribution is 2.20. The average molecular weight is 182 g/mol. The van der Waals surface area contributed by atoms with Gasteiger partial charge >= 0.3 is 12.0 Å². The van der Waals surface area contributed by atoms with E-state index in [1.807, 2.05) is 0 Å². The van der Waals surface area contributed by atoms with Gasteiger partial charge in [-0.15, -0.1) is 0 Å². The van der Waals surface area contributed by atoms with Crippen LogP contribution in [0.15, 0.2) is 11.3 Å². The van der Waals surface area contributed by atoms with Crippen LogP contribution in [0, 0.1) is 0 Å². The van der Waals surface area contributed by atoms with Crippen molar-refractivity contribution in [1.29, 1.82) is 0 Å². The first-order valence-electron chi connectivity index (χ1n) is 4.12. The topological polar surface area (TPSA) is 58.6 Å². The van der Waals surface area contributed by atoms with E-state index in [-0.39, 0.29) is 18.6 Å². The molecule has 0 atom stereocenters. The monoisotopic (exact) mass is 182 g/mol. The molecule has 2 aliphatic heterocycles. The van der Waals surface area contributed by atoms with Gasteiger partial charge in [-0.25, -0.2) is 9.59 Å². The summed E-state index contributed by atoms with van der Waals surface area (Å²) >= 11 is 0. The molecule has 1 saturated heterocycles. The van der Waals surface area contributed by atoms with Gasteiger partial charge < -0.3 is 10.1 Å². The molecular formula is C8H10N2O3. The van der Waals surface area contributed by atoms with Crippen LogP contribution in [0.1, 0.15) is 6.92 Å². The predicted octanol–water partition coefficient (Wildman–Crippen LogP) is -0.158. The van der Waals surface area contributed by atoms with E-state index in [9.17, 15) is 9.59 Å². The number of hydrogen-bond acceptors (Lipinski definition) is 3. The number of nitrogens with zero attached hydrogens (tertiary/aromatic N) is 1. The van der Waals surface area contributed by atoms with Gasteiger partial charge in [0.25, 0.3) is 0 Å². The lowest BCUT2D eigenvalue weighted by Gasteiger charge is -2.14. The number of nitrogens with one attached hydrogen (secondary N) is 1. The molecule has 0 aromatic rings. The summed E-state index contributed by atoms with van der Waals surface area (Å²) in [5.41, 5.74) is 1.23. The Bertz CT molecular complexity index is 309. The fourth-order valence-corrected chi connectivity index (χ4v) is 1.48. The number of rotatable bonds is 1. The van der Waals surface area contributed by atoms with Crippen molar-refractivity contribution < 1.29 is 14.3 Å². The molecule has 13 heavy (non-hydrogen) atoms. The molecule has 5 nitrogen and oxygen atoms in total. The molecular weight excluding hydrogens is 172 g/mol. The summed E-state index contributed by atoms with van der Waals surface area (Å²) in [6.07, 6.45) is 0. The quantitative estimate of drug-likeness (QED) is 0.573. The zero-order valence-electron chi connectivity index (χ0n) is 7.29. The van der Waals surface area contributed by atoms with Crippen molar-refractivity contribution in [2.75, 3.05) is 19.7 Å². The Kier molecular flexibility index (Phi) is 1.72. The van der Waals surface area contributed by atoms with Crippen LogP contribution in [-0.4, -0.2) is 36.6 Å². The van der Waals surface area contributed by atoms with E-state index in [1.54, 1.807) is 11.8 Å². The van der Waals surface area contributed by atoms with Crippen LogP contribution in [0.4, 0.5) is 4.79 Å². The fourth-order valence-electron chi connectivity index (χ4n) is 1.48. The van der Waals surface area contributed by atoms with E-state index in [0.717, 1.165) is 0 Å². The van der Waals surface area contributed by atoms with E-state index in [4.69, 9.17) is 4.74 Å². The highest BCUT2D eigenvalue weighted by atomic mass is 16.5. The molecule has 2 heterocycles. The SMILES string of the molecule is CC1=C(N2CCNC2=O)COC1=O. The molecule has 0 aromatic carbocycles. The third-order valence-electron chi connectivity index (χ3n) is 2.26. The Labute approximate surface area is 75.3 Å². The summed E-state index contributed by atoms with van der Waals surface area (Å²) < 4.78 is 4.80. The summed E-state index contributed by atoms with van der Waals surface area (Å²) in [6, 6.07) is -0.146. The van der Waals surface area contributed by atoms with Crippen molar-refractivity contribution >= 4 is 12.0 Å². The second kappa shape index (κ2) is 2.76. The third kappa shape index (κ3) is 1.16. The molecule has 1 fully saturated rings. The Morgan fingerprint density at radius 1 is 1.46 bits per heavy atom. The van der Waals surface area contributed by atoms with Crippen LogP contribution < -0.4 is 5.32 Å². The predicted molar refractivity (Wildman–Crippen MR) is 43.8 cm³/mol. The first kappa shape index (κ1) is 8.10. The summed E-state index contributed by atoms with van der Waals surface area (Å²) in [5.74, 6) is -0.324. The molecule has 1 N–H and O–H groups in total. The van der Waals surface area contributed by atoms with Crippen molar-refractivity contribution in [1.82, 2.24) is 10.2 Å². The van der Waals surface area contributed by atoms with E-state index in [1.165, 1.54) is 0 Å². The maximum Gasteiger partial charge on any atom is 0.336 e. The van der Waals surface area contributed by atoms with Crippen LogP contribution >= 0.6 is 0 Å². The van der Waals surface area contributed by atoms with Crippen molar-refractivity contribution in [2.45, 2.75) is 6.92 Å². The molecule has 0 spiro atoms. The van der Waals surface area contributed by atoms with E-state index in [0.29, 0.717) is 24.4 Å². The lowest BCUT2D eigenvalue weighted by atomic mass is 10.2. The van der Waals surface area contributed by atoms with E-state index in [2.05, 4.69) is 5.32 Å². The molecule has 0 unspecified atom stereocenters. The zero-order chi connectivity index (χ0) is 9.42. The van der Waals surface area contributed by atoms with Crippen LogP contribution in [0.3, 0.4) is 0 Å². The van der Waals surface area contributed by atoms with Crippen molar-refractivity contribution in [3.05, 3.63) is 11.3 Å². The van der Waals surface area contributed by atoms with Gasteiger partial charge in [-0.3, -0.25) is 4.90 Å². The highest BCUT2D eigenvalue weighted by molar-refractivity contribution is 5.92. The lowest BCUT2D eigenvalue weighted by molar-refractivity contribution is -0.136. The van der Waals surface area contributed by atoms with E-state index >= 15 is 0 Å². The zero-order valence-corrected chi connectivity index (χ0v) is 7.29. The van der Waals surface area contributed by atoms with Crippen LogP contribution in [-0.2, 0) is 9.53 Å².